The second-order valence-electron chi connectivity index (χ2n) is 11.2. The van der Waals surface area contributed by atoms with Gasteiger partial charge in [0.2, 0.25) is 0 Å². The van der Waals surface area contributed by atoms with Crippen LogP contribution in [0.2, 0.25) is 0 Å². The van der Waals surface area contributed by atoms with Crippen LogP contribution in [0.3, 0.4) is 0 Å². The van der Waals surface area contributed by atoms with E-state index >= 15 is 0 Å². The number of alkyl halides is 3. The quantitative estimate of drug-likeness (QED) is 0.558. The largest absolute Gasteiger partial charge is 0.504 e. The highest BCUT2D eigenvalue weighted by atomic mass is 19.4. The Kier molecular flexibility index (Phi) is 5.37. The summed E-state index contributed by atoms with van der Waals surface area (Å²) in [6, 6.07) is 7.35. The normalized spacial score (nSPS) is 33.0. The summed E-state index contributed by atoms with van der Waals surface area (Å²) < 4.78 is 45.0. The smallest absolute Gasteiger partial charge is 0.416 e. The van der Waals surface area contributed by atoms with Crippen molar-refractivity contribution in [3.63, 3.8) is 0 Å². The second kappa shape index (κ2) is 8.14. The Balaban J connectivity index is 1.36. The van der Waals surface area contributed by atoms with Crippen molar-refractivity contribution in [2.75, 3.05) is 20.6 Å². The van der Waals surface area contributed by atoms with Gasteiger partial charge < -0.3 is 24.7 Å². The summed E-state index contributed by atoms with van der Waals surface area (Å²) in [6.07, 6.45) is -3.29. The molecule has 2 aromatic rings. The van der Waals surface area contributed by atoms with Crippen molar-refractivity contribution in [1.29, 1.82) is 0 Å². The van der Waals surface area contributed by atoms with E-state index in [0.717, 1.165) is 29.8 Å². The molecule has 6 atom stereocenters. The molecule has 2 fully saturated rings. The first-order chi connectivity index (χ1) is 17.9. The number of hydrogen-bond donors (Lipinski definition) is 2. The van der Waals surface area contributed by atoms with Gasteiger partial charge in [-0.25, -0.2) is 0 Å². The van der Waals surface area contributed by atoms with Crippen LogP contribution in [0.1, 0.15) is 42.0 Å². The van der Waals surface area contributed by atoms with E-state index in [-0.39, 0.29) is 17.7 Å². The van der Waals surface area contributed by atoms with Gasteiger partial charge in [0.05, 0.1) is 22.6 Å². The summed E-state index contributed by atoms with van der Waals surface area (Å²) in [5.41, 5.74) is -0.465. The Morgan fingerprint density at radius 2 is 1.92 bits per heavy atom. The molecular formula is C29H29F3N2O4. The van der Waals surface area contributed by atoms with Crippen LogP contribution in [-0.4, -0.2) is 70.3 Å². The summed E-state index contributed by atoms with van der Waals surface area (Å²) in [6.45, 7) is 2.75. The van der Waals surface area contributed by atoms with Crippen molar-refractivity contribution in [3.8, 4) is 23.3 Å². The fraction of sp³-hybridized carbons (Fsp3) is 0.483. The van der Waals surface area contributed by atoms with Gasteiger partial charge in [0, 0.05) is 30.1 Å². The molecule has 0 unspecified atom stereocenters. The van der Waals surface area contributed by atoms with Crippen LogP contribution < -0.4 is 4.74 Å². The zero-order chi connectivity index (χ0) is 27.2. The topological polar surface area (TPSA) is 73.2 Å². The van der Waals surface area contributed by atoms with E-state index in [1.165, 1.54) is 17.0 Å². The SMILES string of the molecule is C[C@H]1C[C@@H](N(C)C(=O)C#Cc2ccc(C(F)(F)F)cc2)[C@@H]2Oc3c(O)ccc4c3[C@@]23CCN(C)[C@H](C4)[C@]13O. The maximum atomic E-state index is 13.2. The Bertz CT molecular complexity index is 1380. The van der Waals surface area contributed by atoms with Gasteiger partial charge in [0.1, 0.15) is 6.10 Å². The number of ether oxygens (including phenoxy) is 1. The fourth-order valence-corrected chi connectivity index (χ4v) is 7.63. The molecule has 38 heavy (non-hydrogen) atoms. The summed E-state index contributed by atoms with van der Waals surface area (Å²) in [5, 5.41) is 23.2. The van der Waals surface area contributed by atoms with Crippen LogP contribution in [0.4, 0.5) is 13.2 Å². The van der Waals surface area contributed by atoms with Gasteiger partial charge in [0.25, 0.3) is 5.91 Å². The molecule has 1 saturated heterocycles. The molecular weight excluding hydrogens is 497 g/mol. The highest BCUT2D eigenvalue weighted by molar-refractivity contribution is 5.94. The number of aliphatic hydroxyl groups is 1. The molecule has 1 saturated carbocycles. The lowest BCUT2D eigenvalue weighted by atomic mass is 9.45. The minimum Gasteiger partial charge on any atom is -0.504 e. The number of hydrogen-bond acceptors (Lipinski definition) is 5. The molecule has 1 amide bonds. The second-order valence-corrected chi connectivity index (χ2v) is 11.2. The molecule has 200 valence electrons. The van der Waals surface area contributed by atoms with Crippen LogP contribution in [0, 0.1) is 17.8 Å². The Morgan fingerprint density at radius 1 is 1.21 bits per heavy atom. The lowest BCUT2D eigenvalue weighted by molar-refractivity contribution is -0.220. The van der Waals surface area contributed by atoms with Crippen LogP contribution in [0.15, 0.2) is 36.4 Å². The van der Waals surface area contributed by atoms with Crippen molar-refractivity contribution in [1.82, 2.24) is 9.80 Å². The van der Waals surface area contributed by atoms with Gasteiger partial charge in [-0.2, -0.15) is 13.2 Å². The first-order valence-electron chi connectivity index (χ1n) is 12.8. The molecule has 2 N–H and O–H groups in total. The number of benzene rings is 2. The molecule has 6 rings (SSSR count). The number of carbonyl (C=O) groups excluding carboxylic acids is 1. The number of phenolic OH excluding ortho intramolecular Hbond substituents is 1. The van der Waals surface area contributed by atoms with Crippen LogP contribution >= 0.6 is 0 Å². The van der Waals surface area contributed by atoms with Crippen molar-refractivity contribution >= 4 is 5.91 Å². The maximum Gasteiger partial charge on any atom is 0.416 e. The third-order valence-corrected chi connectivity index (χ3v) is 9.47. The van der Waals surface area contributed by atoms with E-state index in [4.69, 9.17) is 4.74 Å². The molecule has 2 aliphatic heterocycles. The van der Waals surface area contributed by atoms with Crippen LogP contribution in [0.25, 0.3) is 0 Å². The summed E-state index contributed by atoms with van der Waals surface area (Å²) in [4.78, 5) is 17.0. The molecule has 2 aromatic carbocycles. The first-order valence-corrected chi connectivity index (χ1v) is 12.8. The molecule has 9 heteroatoms. The molecule has 2 heterocycles. The number of carbonyl (C=O) groups is 1. The minimum absolute atomic E-state index is 0.0229. The van der Waals surface area contributed by atoms with Gasteiger partial charge in [-0.15, -0.1) is 0 Å². The van der Waals surface area contributed by atoms with Crippen molar-refractivity contribution < 1.29 is 32.9 Å². The number of likely N-dealkylation sites (tertiary alicyclic amines) is 1. The average Bonchev–Trinajstić information content (AvgIpc) is 3.23. The monoisotopic (exact) mass is 526 g/mol. The number of rotatable bonds is 1. The zero-order valence-electron chi connectivity index (χ0n) is 21.3. The van der Waals surface area contributed by atoms with Gasteiger partial charge >= 0.3 is 6.18 Å². The summed E-state index contributed by atoms with van der Waals surface area (Å²) >= 11 is 0. The Hall–Kier alpha value is -3.22. The van der Waals surface area contributed by atoms with Gasteiger partial charge in [0.15, 0.2) is 11.5 Å². The standard InChI is InChI=1S/C29H29F3N2O4/c1-16-14-20(34(3)23(36)11-6-17-4-8-19(9-5-17)29(30,31)32)26-27-12-13-33(2)22(28(16,27)37)15-18-7-10-21(35)25(38-26)24(18)27/h4-5,7-10,16,20,22,26,35,37H,12-15H2,1-3H3/t16-,20+,22+,26-,27-,28+/m0/s1. The summed E-state index contributed by atoms with van der Waals surface area (Å²) in [5.74, 6) is 4.99. The zero-order valence-corrected chi connectivity index (χ0v) is 21.3. The molecule has 2 aliphatic carbocycles. The molecule has 1 spiro atoms. The molecule has 4 aliphatic rings. The van der Waals surface area contributed by atoms with E-state index in [1.807, 2.05) is 20.0 Å². The third-order valence-electron chi connectivity index (χ3n) is 9.47. The Labute approximate surface area is 219 Å². The van der Waals surface area contributed by atoms with E-state index in [0.29, 0.717) is 30.6 Å². The average molecular weight is 527 g/mol. The maximum absolute atomic E-state index is 13.2. The number of aromatic hydroxyl groups is 1. The molecule has 2 bridgehead atoms. The number of amides is 1. The predicted octanol–water partition coefficient (Wildman–Crippen LogP) is 3.32. The van der Waals surface area contributed by atoms with E-state index in [9.17, 15) is 28.2 Å². The number of phenols is 1. The van der Waals surface area contributed by atoms with Crippen LogP contribution in [-0.2, 0) is 22.8 Å². The molecule has 6 nitrogen and oxygen atoms in total. The first kappa shape index (κ1) is 25.1. The van der Waals surface area contributed by atoms with Crippen molar-refractivity contribution in [3.05, 3.63) is 58.7 Å². The lowest BCUT2D eigenvalue weighted by Crippen LogP contribution is -2.80. The third kappa shape index (κ3) is 3.20. The van der Waals surface area contributed by atoms with Crippen molar-refractivity contribution in [2.24, 2.45) is 5.92 Å². The molecule has 0 aromatic heterocycles. The fourth-order valence-electron chi connectivity index (χ4n) is 7.63. The van der Waals surface area contributed by atoms with Gasteiger partial charge in [-0.3, -0.25) is 4.79 Å². The number of nitrogens with zero attached hydrogens (tertiary/aromatic N) is 2. The van der Waals surface area contributed by atoms with Gasteiger partial charge in [-0.05, 0) is 74.7 Å². The van der Waals surface area contributed by atoms with Gasteiger partial charge in [-0.1, -0.05) is 18.9 Å². The lowest BCUT2D eigenvalue weighted by Gasteiger charge is -2.66. The number of likely N-dealkylation sites (N-methyl/N-ethyl adjacent to an activating group) is 2. The Morgan fingerprint density at radius 3 is 2.61 bits per heavy atom. The van der Waals surface area contributed by atoms with Crippen molar-refractivity contribution in [2.45, 2.75) is 61.6 Å². The number of halogens is 3. The van der Waals surface area contributed by atoms with E-state index in [2.05, 4.69) is 16.7 Å². The summed E-state index contributed by atoms with van der Waals surface area (Å²) in [7, 11) is 3.67. The minimum atomic E-state index is -4.44. The molecule has 0 radical (unpaired) electrons. The highest BCUT2D eigenvalue weighted by Gasteiger charge is 2.75. The number of piperidine rings is 1. The van der Waals surface area contributed by atoms with E-state index < -0.39 is 40.8 Å². The highest BCUT2D eigenvalue weighted by Crippen LogP contribution is 2.66. The van der Waals surface area contributed by atoms with Crippen LogP contribution in [0.5, 0.6) is 11.5 Å². The van der Waals surface area contributed by atoms with E-state index in [1.54, 1.807) is 13.1 Å². The predicted molar refractivity (Wildman–Crippen MR) is 133 cm³/mol.